The van der Waals surface area contributed by atoms with Crippen molar-refractivity contribution in [1.82, 2.24) is 20.1 Å². The Morgan fingerprint density at radius 2 is 2.11 bits per heavy atom. The molecular formula is C20H20N6O2. The SMILES string of the molecule is N#Cc1noc(-c2cnc3[nH]ccc3c2N[C@H]2C3CC4CC2C[C@@](O)(C4)C3)n1. The van der Waals surface area contributed by atoms with Crippen LogP contribution >= 0.6 is 0 Å². The topological polar surface area (TPSA) is 124 Å². The number of fused-ring (bicyclic) bond motifs is 1. The van der Waals surface area contributed by atoms with Crippen molar-refractivity contribution in [3.8, 4) is 17.5 Å². The van der Waals surface area contributed by atoms with E-state index in [2.05, 4.69) is 25.4 Å². The maximum atomic E-state index is 10.9. The van der Waals surface area contributed by atoms with Gasteiger partial charge in [-0.3, -0.25) is 0 Å². The first-order chi connectivity index (χ1) is 13.6. The lowest BCUT2D eigenvalue weighted by atomic mass is 9.52. The molecule has 4 fully saturated rings. The number of H-pyrrole nitrogens is 1. The summed E-state index contributed by atoms with van der Waals surface area (Å²) in [6.45, 7) is 0. The fourth-order valence-electron chi connectivity index (χ4n) is 6.09. The zero-order chi connectivity index (χ0) is 18.9. The zero-order valence-electron chi connectivity index (χ0n) is 15.2. The van der Waals surface area contributed by atoms with Crippen LogP contribution in [0.15, 0.2) is 23.0 Å². The van der Waals surface area contributed by atoms with E-state index in [0.29, 0.717) is 29.4 Å². The number of hydrogen-bond donors (Lipinski definition) is 3. The minimum Gasteiger partial charge on any atom is -0.390 e. The minimum atomic E-state index is -0.465. The predicted octanol–water partition coefficient (Wildman–Crippen LogP) is 2.84. The molecule has 0 spiro atoms. The van der Waals surface area contributed by atoms with E-state index in [0.717, 1.165) is 36.0 Å². The smallest absolute Gasteiger partial charge is 0.273 e. The predicted molar refractivity (Wildman–Crippen MR) is 100 cm³/mol. The molecule has 4 bridgehead atoms. The van der Waals surface area contributed by atoms with Crippen molar-refractivity contribution in [3.05, 3.63) is 24.3 Å². The molecular weight excluding hydrogens is 356 g/mol. The largest absolute Gasteiger partial charge is 0.390 e. The monoisotopic (exact) mass is 376 g/mol. The fraction of sp³-hybridized carbons (Fsp3) is 0.500. The molecule has 8 nitrogen and oxygen atoms in total. The molecule has 2 unspecified atom stereocenters. The molecule has 7 rings (SSSR count). The highest BCUT2D eigenvalue weighted by Gasteiger charge is 2.54. The molecule has 3 aromatic heterocycles. The Labute approximate surface area is 161 Å². The second-order valence-electron chi connectivity index (χ2n) is 8.69. The summed E-state index contributed by atoms with van der Waals surface area (Å²) in [5.41, 5.74) is 1.93. The van der Waals surface area contributed by atoms with Crippen LogP contribution < -0.4 is 5.32 Å². The van der Waals surface area contributed by atoms with Gasteiger partial charge in [0.25, 0.3) is 11.7 Å². The van der Waals surface area contributed by atoms with Gasteiger partial charge in [0.1, 0.15) is 11.7 Å². The third-order valence-corrected chi connectivity index (χ3v) is 6.89. The Morgan fingerprint density at radius 1 is 1.29 bits per heavy atom. The van der Waals surface area contributed by atoms with Gasteiger partial charge in [-0.15, -0.1) is 0 Å². The summed E-state index contributed by atoms with van der Waals surface area (Å²) in [4.78, 5) is 11.8. The minimum absolute atomic E-state index is 0.00645. The van der Waals surface area contributed by atoms with Crippen molar-refractivity contribution >= 4 is 16.7 Å². The number of nitriles is 1. The van der Waals surface area contributed by atoms with Crippen LogP contribution in [0.5, 0.6) is 0 Å². The van der Waals surface area contributed by atoms with E-state index in [1.165, 1.54) is 12.8 Å². The number of hydrogen-bond acceptors (Lipinski definition) is 7. The quantitative estimate of drug-likeness (QED) is 0.642. The van der Waals surface area contributed by atoms with Crippen molar-refractivity contribution in [2.45, 2.75) is 43.7 Å². The fourth-order valence-corrected chi connectivity index (χ4v) is 6.09. The van der Waals surface area contributed by atoms with Crippen molar-refractivity contribution in [2.75, 3.05) is 5.32 Å². The summed E-state index contributed by atoms with van der Waals surface area (Å²) < 4.78 is 5.32. The van der Waals surface area contributed by atoms with Crippen LogP contribution in [0.3, 0.4) is 0 Å². The Kier molecular flexibility index (Phi) is 3.19. The van der Waals surface area contributed by atoms with E-state index in [1.54, 1.807) is 6.20 Å². The number of aromatic nitrogens is 4. The van der Waals surface area contributed by atoms with Crippen molar-refractivity contribution in [3.63, 3.8) is 0 Å². The summed E-state index contributed by atoms with van der Waals surface area (Å²) in [5, 5.41) is 28.4. The summed E-state index contributed by atoms with van der Waals surface area (Å²) >= 11 is 0. The maximum Gasteiger partial charge on any atom is 0.273 e. The molecule has 0 aromatic carbocycles. The first kappa shape index (κ1) is 16.1. The van der Waals surface area contributed by atoms with Gasteiger partial charge >= 0.3 is 0 Å². The third-order valence-electron chi connectivity index (χ3n) is 6.89. The van der Waals surface area contributed by atoms with E-state index >= 15 is 0 Å². The van der Waals surface area contributed by atoms with Crippen LogP contribution in [0, 0.1) is 29.1 Å². The van der Waals surface area contributed by atoms with Crippen LogP contribution in [0.25, 0.3) is 22.5 Å². The number of anilines is 1. The van der Waals surface area contributed by atoms with Gasteiger partial charge in [-0.1, -0.05) is 0 Å². The standard InChI is InChI=1S/C20H20N6O2/c21-8-15-24-19(28-26-15)14-9-23-18-13(1-2-22-18)17(14)25-16-11-3-10-4-12(16)7-20(27,5-10)6-11/h1-2,9-12,16,27H,3-7H2,(H2,22,23,25)/t10?,11?,12?,16-,20+. The highest BCUT2D eigenvalue weighted by molar-refractivity contribution is 5.97. The highest BCUT2D eigenvalue weighted by Crippen LogP contribution is 2.56. The molecule has 0 amide bonds. The van der Waals surface area contributed by atoms with Gasteiger partial charge in [-0.05, 0) is 61.1 Å². The molecule has 4 aliphatic carbocycles. The van der Waals surface area contributed by atoms with E-state index < -0.39 is 5.60 Å². The Hall–Kier alpha value is -2.92. The van der Waals surface area contributed by atoms with Gasteiger partial charge in [-0.25, -0.2) is 4.98 Å². The first-order valence-corrected chi connectivity index (χ1v) is 9.81. The number of nitrogens with zero attached hydrogens (tertiary/aromatic N) is 4. The molecule has 142 valence electrons. The molecule has 3 N–H and O–H groups in total. The normalized spacial score (nSPS) is 33.3. The maximum absolute atomic E-state index is 10.9. The summed E-state index contributed by atoms with van der Waals surface area (Å²) in [6.07, 6.45) is 8.62. The summed E-state index contributed by atoms with van der Waals surface area (Å²) in [5.74, 6) is 1.87. The number of nitrogens with one attached hydrogen (secondary N) is 2. The van der Waals surface area contributed by atoms with E-state index in [-0.39, 0.29) is 11.7 Å². The number of rotatable bonds is 3. The summed E-state index contributed by atoms with van der Waals surface area (Å²) in [7, 11) is 0. The average molecular weight is 376 g/mol. The van der Waals surface area contributed by atoms with Gasteiger partial charge in [0, 0.05) is 23.8 Å². The van der Waals surface area contributed by atoms with Crippen LogP contribution in [0.2, 0.25) is 0 Å². The van der Waals surface area contributed by atoms with Crippen molar-refractivity contribution < 1.29 is 9.63 Å². The van der Waals surface area contributed by atoms with Gasteiger partial charge in [0.05, 0.1) is 16.9 Å². The molecule has 3 heterocycles. The van der Waals surface area contributed by atoms with Crippen LogP contribution in [-0.2, 0) is 0 Å². The second kappa shape index (κ2) is 5.55. The molecule has 0 saturated heterocycles. The average Bonchev–Trinajstić information content (AvgIpc) is 3.32. The molecule has 0 radical (unpaired) electrons. The van der Waals surface area contributed by atoms with E-state index in [1.807, 2.05) is 18.3 Å². The number of pyridine rings is 1. The van der Waals surface area contributed by atoms with Gasteiger partial charge in [-0.2, -0.15) is 10.2 Å². The van der Waals surface area contributed by atoms with Gasteiger partial charge in [0.2, 0.25) is 0 Å². The Balaban J connectivity index is 1.43. The lowest BCUT2D eigenvalue weighted by molar-refractivity contribution is -0.129. The van der Waals surface area contributed by atoms with Crippen LogP contribution in [-0.4, -0.2) is 36.9 Å². The van der Waals surface area contributed by atoms with E-state index in [9.17, 15) is 5.11 Å². The van der Waals surface area contributed by atoms with Gasteiger partial charge < -0.3 is 19.9 Å². The number of aliphatic hydroxyl groups is 1. The second-order valence-corrected chi connectivity index (χ2v) is 8.69. The van der Waals surface area contributed by atoms with Gasteiger partial charge in [0.15, 0.2) is 0 Å². The lowest BCUT2D eigenvalue weighted by Gasteiger charge is -2.58. The zero-order valence-corrected chi connectivity index (χ0v) is 15.2. The van der Waals surface area contributed by atoms with Crippen LogP contribution in [0.4, 0.5) is 5.69 Å². The van der Waals surface area contributed by atoms with Crippen molar-refractivity contribution in [2.24, 2.45) is 17.8 Å². The van der Waals surface area contributed by atoms with Crippen molar-refractivity contribution in [1.29, 1.82) is 5.26 Å². The lowest BCUT2D eigenvalue weighted by Crippen LogP contribution is -2.59. The Bertz CT molecular complexity index is 1100. The molecule has 28 heavy (non-hydrogen) atoms. The molecule has 2 atom stereocenters. The molecule has 3 aromatic rings. The molecule has 4 aliphatic rings. The Morgan fingerprint density at radius 3 is 2.82 bits per heavy atom. The molecule has 0 aliphatic heterocycles. The molecule has 8 heteroatoms. The third kappa shape index (κ3) is 2.29. The van der Waals surface area contributed by atoms with E-state index in [4.69, 9.17) is 9.78 Å². The molecule has 4 saturated carbocycles. The summed E-state index contributed by atoms with van der Waals surface area (Å²) in [6, 6.07) is 4.19. The highest BCUT2D eigenvalue weighted by atomic mass is 16.5. The first-order valence-electron chi connectivity index (χ1n) is 9.81. The van der Waals surface area contributed by atoms with Crippen LogP contribution in [0.1, 0.15) is 37.9 Å². The number of aromatic amines is 1.